The molecule has 2 aromatic heterocycles. The molecule has 1 aromatic carbocycles. The maximum atomic E-state index is 13.7. The van der Waals surface area contributed by atoms with Crippen molar-refractivity contribution in [1.82, 2.24) is 10.3 Å². The van der Waals surface area contributed by atoms with E-state index in [1.54, 1.807) is 41.6 Å². The van der Waals surface area contributed by atoms with Crippen LogP contribution >= 0.6 is 0 Å². The lowest BCUT2D eigenvalue weighted by Gasteiger charge is -2.33. The first kappa shape index (κ1) is 20.8. The number of rotatable bonds is 6. The monoisotopic (exact) mass is 417 g/mol. The summed E-state index contributed by atoms with van der Waals surface area (Å²) in [5, 5.41) is 3.18. The van der Waals surface area contributed by atoms with Crippen molar-refractivity contribution in [2.75, 3.05) is 4.90 Å². The molecule has 160 valence electrons. The van der Waals surface area contributed by atoms with Gasteiger partial charge in [-0.05, 0) is 73.7 Å². The molecule has 3 aromatic rings. The van der Waals surface area contributed by atoms with Crippen LogP contribution in [0.3, 0.4) is 0 Å². The third-order valence-corrected chi connectivity index (χ3v) is 6.02. The topological polar surface area (TPSA) is 75.4 Å². The number of nitrogens with one attached hydrogen (secondary N) is 1. The molecule has 0 spiro atoms. The van der Waals surface area contributed by atoms with Gasteiger partial charge in [0, 0.05) is 24.1 Å². The summed E-state index contributed by atoms with van der Waals surface area (Å²) in [5.74, 6) is -0.366. The second-order valence-corrected chi connectivity index (χ2v) is 8.04. The smallest absolute Gasteiger partial charge is 0.294 e. The van der Waals surface area contributed by atoms with Gasteiger partial charge in [-0.3, -0.25) is 19.5 Å². The molecule has 1 saturated carbocycles. The van der Waals surface area contributed by atoms with Crippen molar-refractivity contribution in [3.05, 3.63) is 83.6 Å². The van der Waals surface area contributed by atoms with Gasteiger partial charge in [-0.25, -0.2) is 0 Å². The summed E-state index contributed by atoms with van der Waals surface area (Å²) in [5.41, 5.74) is 3.37. The molecule has 0 radical (unpaired) electrons. The molecule has 0 aliphatic heterocycles. The molecule has 2 heterocycles. The summed E-state index contributed by atoms with van der Waals surface area (Å²) in [4.78, 5) is 32.9. The first-order valence-electron chi connectivity index (χ1n) is 10.7. The van der Waals surface area contributed by atoms with Crippen LogP contribution in [0.1, 0.15) is 59.0 Å². The van der Waals surface area contributed by atoms with Crippen molar-refractivity contribution in [3.63, 3.8) is 0 Å². The van der Waals surface area contributed by atoms with Crippen molar-refractivity contribution in [1.29, 1.82) is 0 Å². The summed E-state index contributed by atoms with van der Waals surface area (Å²) in [7, 11) is 0. The highest BCUT2D eigenvalue weighted by molar-refractivity contribution is 6.09. The third kappa shape index (κ3) is 4.38. The van der Waals surface area contributed by atoms with Gasteiger partial charge >= 0.3 is 0 Å². The average Bonchev–Trinajstić information content (AvgIpc) is 3.49. The fourth-order valence-electron chi connectivity index (χ4n) is 4.19. The number of furan rings is 1. The second-order valence-electron chi connectivity index (χ2n) is 8.04. The highest BCUT2D eigenvalue weighted by Gasteiger charge is 2.36. The predicted molar refractivity (Wildman–Crippen MR) is 119 cm³/mol. The predicted octanol–water partition coefficient (Wildman–Crippen LogP) is 4.74. The average molecular weight is 418 g/mol. The number of anilines is 1. The van der Waals surface area contributed by atoms with Crippen LogP contribution in [0, 0.1) is 13.8 Å². The number of amides is 2. The number of aromatic nitrogens is 1. The molecule has 1 unspecified atom stereocenters. The molecule has 31 heavy (non-hydrogen) atoms. The molecule has 6 heteroatoms. The van der Waals surface area contributed by atoms with Crippen LogP contribution in [0.5, 0.6) is 0 Å². The van der Waals surface area contributed by atoms with Crippen LogP contribution in [-0.2, 0) is 4.79 Å². The molecule has 1 aliphatic rings. The lowest BCUT2D eigenvalue weighted by atomic mass is 10.0. The first-order chi connectivity index (χ1) is 15.1. The maximum Gasteiger partial charge on any atom is 0.294 e. The van der Waals surface area contributed by atoms with E-state index in [1.165, 1.54) is 6.26 Å². The quantitative estimate of drug-likeness (QED) is 0.629. The summed E-state index contributed by atoms with van der Waals surface area (Å²) >= 11 is 0. The van der Waals surface area contributed by atoms with Crippen molar-refractivity contribution in [2.24, 2.45) is 0 Å². The van der Waals surface area contributed by atoms with Crippen LogP contribution < -0.4 is 10.2 Å². The van der Waals surface area contributed by atoms with E-state index in [2.05, 4.69) is 10.3 Å². The summed E-state index contributed by atoms with van der Waals surface area (Å²) in [6.07, 6.45) is 8.89. The van der Waals surface area contributed by atoms with Gasteiger partial charge in [0.05, 0.1) is 6.26 Å². The summed E-state index contributed by atoms with van der Waals surface area (Å²) in [6.45, 7) is 3.96. The molecule has 1 atom stereocenters. The molecule has 2 amide bonds. The highest BCUT2D eigenvalue weighted by atomic mass is 16.3. The Morgan fingerprint density at radius 3 is 2.48 bits per heavy atom. The van der Waals surface area contributed by atoms with Gasteiger partial charge in [-0.2, -0.15) is 0 Å². The lowest BCUT2D eigenvalue weighted by molar-refractivity contribution is -0.123. The van der Waals surface area contributed by atoms with Crippen LogP contribution in [-0.4, -0.2) is 22.8 Å². The van der Waals surface area contributed by atoms with Gasteiger partial charge in [0.1, 0.15) is 6.04 Å². The van der Waals surface area contributed by atoms with E-state index in [1.807, 2.05) is 32.0 Å². The number of aryl methyl sites for hydroxylation is 1. The first-order valence-corrected chi connectivity index (χ1v) is 10.7. The van der Waals surface area contributed by atoms with Gasteiger partial charge in [0.15, 0.2) is 5.76 Å². The molecular weight excluding hydrogens is 390 g/mol. The Morgan fingerprint density at radius 1 is 1.06 bits per heavy atom. The molecule has 4 rings (SSSR count). The minimum Gasteiger partial charge on any atom is -0.459 e. The van der Waals surface area contributed by atoms with E-state index >= 15 is 0 Å². The fourth-order valence-corrected chi connectivity index (χ4v) is 4.19. The number of pyridine rings is 1. The van der Waals surface area contributed by atoms with E-state index in [0.717, 1.165) is 36.8 Å². The zero-order chi connectivity index (χ0) is 21.8. The Kier molecular flexibility index (Phi) is 6.16. The Hall–Kier alpha value is -3.41. The Labute approximate surface area is 182 Å². The summed E-state index contributed by atoms with van der Waals surface area (Å²) < 4.78 is 5.43. The Balaban J connectivity index is 1.83. The van der Waals surface area contributed by atoms with E-state index in [0.29, 0.717) is 11.3 Å². The molecule has 0 bridgehead atoms. The largest absolute Gasteiger partial charge is 0.459 e. The van der Waals surface area contributed by atoms with Gasteiger partial charge in [0.2, 0.25) is 5.91 Å². The number of carbonyl (C=O) groups excluding carboxylic acids is 2. The van der Waals surface area contributed by atoms with Crippen molar-refractivity contribution >= 4 is 17.5 Å². The van der Waals surface area contributed by atoms with Gasteiger partial charge in [-0.15, -0.1) is 0 Å². The molecule has 1 fully saturated rings. The number of carbonyl (C=O) groups is 2. The van der Waals surface area contributed by atoms with Crippen LogP contribution in [0.2, 0.25) is 0 Å². The highest BCUT2D eigenvalue weighted by Crippen LogP contribution is 2.33. The van der Waals surface area contributed by atoms with Crippen molar-refractivity contribution < 1.29 is 14.0 Å². The zero-order valence-electron chi connectivity index (χ0n) is 17.9. The lowest BCUT2D eigenvalue weighted by Crippen LogP contribution is -2.46. The Morgan fingerprint density at radius 2 is 1.81 bits per heavy atom. The number of nitrogens with zero attached hydrogens (tertiary/aromatic N) is 2. The molecule has 6 nitrogen and oxygen atoms in total. The molecule has 1 N–H and O–H groups in total. The van der Waals surface area contributed by atoms with E-state index in [-0.39, 0.29) is 23.6 Å². The van der Waals surface area contributed by atoms with Crippen LogP contribution in [0.15, 0.2) is 65.5 Å². The van der Waals surface area contributed by atoms with E-state index < -0.39 is 6.04 Å². The van der Waals surface area contributed by atoms with E-state index in [4.69, 9.17) is 4.42 Å². The van der Waals surface area contributed by atoms with Crippen LogP contribution in [0.25, 0.3) is 0 Å². The van der Waals surface area contributed by atoms with Crippen LogP contribution in [0.4, 0.5) is 5.69 Å². The minimum atomic E-state index is -0.846. The van der Waals surface area contributed by atoms with Crippen molar-refractivity contribution in [3.8, 4) is 0 Å². The third-order valence-electron chi connectivity index (χ3n) is 6.02. The van der Waals surface area contributed by atoms with Gasteiger partial charge in [-0.1, -0.05) is 25.0 Å². The minimum absolute atomic E-state index is 0.135. The number of hydrogen-bond acceptors (Lipinski definition) is 4. The fraction of sp³-hybridized carbons (Fsp3) is 0.320. The number of benzene rings is 1. The Bertz CT molecular complexity index is 1040. The molecular formula is C25H27N3O3. The van der Waals surface area contributed by atoms with Gasteiger partial charge < -0.3 is 9.73 Å². The second kappa shape index (κ2) is 9.16. The van der Waals surface area contributed by atoms with Crippen molar-refractivity contribution in [2.45, 2.75) is 51.6 Å². The zero-order valence-corrected chi connectivity index (χ0v) is 17.9. The normalized spacial score (nSPS) is 14.9. The molecule has 0 saturated heterocycles. The summed E-state index contributed by atoms with van der Waals surface area (Å²) in [6, 6.07) is 11.9. The maximum absolute atomic E-state index is 13.7. The van der Waals surface area contributed by atoms with E-state index in [9.17, 15) is 9.59 Å². The number of hydrogen-bond donors (Lipinski definition) is 1. The van der Waals surface area contributed by atoms with Gasteiger partial charge in [0.25, 0.3) is 5.91 Å². The SMILES string of the molecule is Cc1cccc(N(C(=O)c2ccco2)C(C(=O)NC2CCCC2)c2ccncc2)c1C. The standard InChI is InChI=1S/C25H27N3O3/c1-17-7-5-10-21(18(17)2)28(25(30)22-11-6-16-31-22)23(19-12-14-26-15-13-19)24(29)27-20-8-3-4-9-20/h5-7,10-16,20,23H,3-4,8-9H2,1-2H3,(H,27,29). The molecule has 1 aliphatic carbocycles.